The number of carboxylic acid groups (broad SMARTS) is 1. The SMILES string of the molecule is CCO.O=C(O)[C@@H]1C[C@H](O)CN1.O=C1C2C3C[C@H](O)CN3C3(C(=O)Nc4c(Cl)cc(Cl)cc43)C2C(=O)N1c1cc(Cl)cc(Cl)c1.O=C1C=CC(=O)N1c1cc(Cl)cc(Cl)c1.O=C1Nc2c(Cl)cc(Cl)cc2C1=O. The van der Waals surface area contributed by atoms with Gasteiger partial charge in [-0.25, -0.2) is 9.80 Å². The molecule has 4 saturated heterocycles. The average molecular weight is 1160 g/mol. The number of hydrogen-bond donors (Lipinski definition) is 7. The van der Waals surface area contributed by atoms with Gasteiger partial charge in [0.2, 0.25) is 11.8 Å². The van der Waals surface area contributed by atoms with E-state index in [1.54, 1.807) is 17.9 Å². The summed E-state index contributed by atoms with van der Waals surface area (Å²) in [5, 5.41) is 45.5. The highest BCUT2D eigenvalue weighted by atomic mass is 35.5. The first-order valence-corrected chi connectivity index (χ1v) is 24.7. The van der Waals surface area contributed by atoms with Crippen LogP contribution in [0.3, 0.4) is 0 Å². The molecule has 26 heteroatoms. The topological polar surface area (TPSA) is 263 Å². The molecule has 4 aromatic carbocycles. The van der Waals surface area contributed by atoms with E-state index in [1.807, 2.05) is 0 Å². The molecule has 1 spiro atoms. The lowest BCUT2D eigenvalue weighted by Crippen LogP contribution is -2.54. The Morgan fingerprint density at radius 3 is 1.67 bits per heavy atom. The summed E-state index contributed by atoms with van der Waals surface area (Å²) in [6, 6.07) is 14.0. The Morgan fingerprint density at radius 1 is 0.658 bits per heavy atom. The number of nitrogens with zero attached hydrogens (tertiary/aromatic N) is 3. The van der Waals surface area contributed by atoms with Crippen molar-refractivity contribution in [3.8, 4) is 0 Å². The maximum Gasteiger partial charge on any atom is 0.320 e. The molecule has 0 saturated carbocycles. The summed E-state index contributed by atoms with van der Waals surface area (Å²) in [7, 11) is 0. The number of imide groups is 2. The first-order chi connectivity index (χ1) is 34.4. The number of rotatable bonds is 3. The van der Waals surface area contributed by atoms with Gasteiger partial charge in [0.1, 0.15) is 11.6 Å². The van der Waals surface area contributed by atoms with Gasteiger partial charge in [-0.3, -0.25) is 43.3 Å². The fraction of sp³-hybridized carbons (Fsp3) is 0.277. The number of nitrogens with one attached hydrogen (secondary N) is 3. The summed E-state index contributed by atoms with van der Waals surface area (Å²) in [5.74, 6) is -6.27. The summed E-state index contributed by atoms with van der Waals surface area (Å²) < 4.78 is 0. The lowest BCUT2D eigenvalue weighted by atomic mass is 9.75. The van der Waals surface area contributed by atoms with E-state index in [1.165, 1.54) is 66.7 Å². The van der Waals surface area contributed by atoms with Crippen molar-refractivity contribution in [3.05, 3.63) is 124 Å². The Hall–Kier alpha value is -4.90. The molecule has 0 radical (unpaired) electrons. The lowest BCUT2D eigenvalue weighted by molar-refractivity contribution is -0.139. The van der Waals surface area contributed by atoms with E-state index >= 15 is 0 Å². The van der Waals surface area contributed by atoms with Gasteiger partial charge in [-0.1, -0.05) is 92.8 Å². The number of fused-ring (bicyclic) bond motifs is 8. The van der Waals surface area contributed by atoms with Crippen molar-refractivity contribution in [1.82, 2.24) is 10.2 Å². The minimum Gasteiger partial charge on any atom is -0.480 e. The van der Waals surface area contributed by atoms with Gasteiger partial charge in [0.15, 0.2) is 0 Å². The maximum atomic E-state index is 13.9. The van der Waals surface area contributed by atoms with E-state index in [2.05, 4.69) is 16.0 Å². The van der Waals surface area contributed by atoms with Crippen molar-refractivity contribution >= 4 is 163 Å². The first kappa shape index (κ1) is 55.8. The normalized spacial score (nSPS) is 24.9. The number of aliphatic hydroxyl groups is 3. The molecule has 7 aliphatic heterocycles. The third-order valence-corrected chi connectivity index (χ3v) is 14.1. The first-order valence-electron chi connectivity index (χ1n) is 21.6. The predicted molar refractivity (Wildman–Crippen MR) is 274 cm³/mol. The summed E-state index contributed by atoms with van der Waals surface area (Å²) in [6.07, 6.45) is 1.76. The number of halogens is 8. The Balaban J connectivity index is 0.000000161. The molecule has 7 N–H and O–H groups in total. The lowest BCUT2D eigenvalue weighted by Gasteiger charge is -2.36. The highest BCUT2D eigenvalue weighted by molar-refractivity contribution is 6.54. The number of benzene rings is 4. The Bertz CT molecular complexity index is 2980. The van der Waals surface area contributed by atoms with Crippen molar-refractivity contribution in [2.24, 2.45) is 11.8 Å². The monoisotopic (exact) mass is 1160 g/mol. The van der Waals surface area contributed by atoms with Crippen LogP contribution in [0.5, 0.6) is 0 Å². The molecule has 4 aromatic rings. The number of aliphatic hydroxyl groups excluding tert-OH is 3. The highest BCUT2D eigenvalue weighted by Crippen LogP contribution is 2.62. The number of Topliss-reactive ketones (excluding diaryl/α,β-unsaturated/α-hetero) is 1. The van der Waals surface area contributed by atoms with Crippen LogP contribution in [0.25, 0.3) is 0 Å². The zero-order valence-corrected chi connectivity index (χ0v) is 43.4. The fourth-order valence-corrected chi connectivity index (χ4v) is 11.6. The molecule has 7 aliphatic rings. The van der Waals surface area contributed by atoms with Gasteiger partial charge in [-0.05, 0) is 74.0 Å². The average Bonchev–Trinajstić information content (AvgIpc) is 4.16. The second-order valence-electron chi connectivity index (χ2n) is 16.9. The van der Waals surface area contributed by atoms with E-state index in [4.69, 9.17) is 108 Å². The van der Waals surface area contributed by atoms with Crippen molar-refractivity contribution < 1.29 is 58.8 Å². The van der Waals surface area contributed by atoms with Crippen LogP contribution in [-0.2, 0) is 39.1 Å². The predicted octanol–water partition coefficient (Wildman–Crippen LogP) is 7.05. The number of hydrogen-bond acceptors (Lipinski definition) is 13. The molecule has 4 unspecified atom stereocenters. The van der Waals surface area contributed by atoms with Gasteiger partial charge in [-0.2, -0.15) is 0 Å². The summed E-state index contributed by atoms with van der Waals surface area (Å²) in [4.78, 5) is 100. The molecule has 0 aliphatic carbocycles. The second-order valence-corrected chi connectivity index (χ2v) is 20.3. The molecular formula is C47H38Cl8N6O12. The molecule has 7 atom stereocenters. The van der Waals surface area contributed by atoms with Crippen molar-refractivity contribution in [2.45, 2.75) is 49.6 Å². The number of carboxylic acids is 1. The van der Waals surface area contributed by atoms with Crippen molar-refractivity contribution in [2.75, 3.05) is 40.1 Å². The largest absolute Gasteiger partial charge is 0.480 e. The number of aliphatic carboxylic acids is 1. The van der Waals surface area contributed by atoms with Crippen LogP contribution >= 0.6 is 92.8 Å². The van der Waals surface area contributed by atoms with Crippen molar-refractivity contribution in [1.29, 1.82) is 0 Å². The molecule has 11 rings (SSSR count). The van der Waals surface area contributed by atoms with Crippen LogP contribution < -0.4 is 25.8 Å². The third kappa shape index (κ3) is 11.0. The van der Waals surface area contributed by atoms with Gasteiger partial charge in [-0.15, -0.1) is 0 Å². The maximum absolute atomic E-state index is 13.9. The fourth-order valence-electron chi connectivity index (χ4n) is 9.54. The van der Waals surface area contributed by atoms with Crippen LogP contribution in [-0.4, -0.2) is 117 Å². The molecule has 7 heterocycles. The van der Waals surface area contributed by atoms with E-state index in [0.717, 1.165) is 9.80 Å². The Labute approximate surface area is 454 Å². The Kier molecular flexibility index (Phi) is 17.2. The summed E-state index contributed by atoms with van der Waals surface area (Å²) >= 11 is 47.9. The summed E-state index contributed by atoms with van der Waals surface area (Å²) in [5.41, 5.74) is 0.469. The van der Waals surface area contributed by atoms with Gasteiger partial charge in [0, 0.05) is 80.0 Å². The van der Waals surface area contributed by atoms with Crippen LogP contribution in [0.2, 0.25) is 40.2 Å². The van der Waals surface area contributed by atoms with Crippen LogP contribution in [0.4, 0.5) is 22.7 Å². The molecule has 0 aromatic heterocycles. The van der Waals surface area contributed by atoms with Gasteiger partial charge >= 0.3 is 5.97 Å². The molecule has 73 heavy (non-hydrogen) atoms. The van der Waals surface area contributed by atoms with Crippen molar-refractivity contribution in [3.63, 3.8) is 0 Å². The molecule has 0 bridgehead atoms. The van der Waals surface area contributed by atoms with Crippen LogP contribution in [0.1, 0.15) is 35.7 Å². The van der Waals surface area contributed by atoms with Crippen LogP contribution in [0.15, 0.2) is 72.8 Å². The number of carbonyl (C=O) groups excluding carboxylic acids is 7. The van der Waals surface area contributed by atoms with E-state index in [0.29, 0.717) is 55.7 Å². The molecule has 4 fully saturated rings. The number of β-amino-alcohol motifs (C(OH)–C–C–N with tert-alkyl or cyclic N) is 1. The van der Waals surface area contributed by atoms with E-state index < -0.39 is 88.9 Å². The molecule has 18 nitrogen and oxygen atoms in total. The highest BCUT2D eigenvalue weighted by Gasteiger charge is 2.75. The number of amides is 6. The number of ketones is 1. The third-order valence-electron chi connectivity index (χ3n) is 12.2. The van der Waals surface area contributed by atoms with Crippen LogP contribution in [0, 0.1) is 11.8 Å². The molecule has 6 amide bonds. The second kappa shape index (κ2) is 22.5. The minimum atomic E-state index is -1.53. The molecule has 384 valence electrons. The van der Waals surface area contributed by atoms with Gasteiger partial charge < -0.3 is 36.4 Å². The Morgan fingerprint density at radius 2 is 1.16 bits per heavy atom. The standard InChI is InChI=1S/C22H15Cl4N3O4.C10H5Cl2NO2.C8H3Cl2NO2.C5H9NO3.C2H6O/c23-8-1-9(24)3-11(2-8)29-19(31)16-15-6-12(30)7-28(15)22(17(16)20(29)32)13-4-10(25)5-14(26)18(13)27-21(22)33;11-6-3-7(12)5-8(4-6)13-9(14)1-2-10(13)15;9-3-1-4-6(5(10)2-3)11-8(13)7(4)12;7-3-1-4(5(8)9)6-2-3;1-2-3/h1-5,12,15-17,30H,6-7H2,(H,27,33);1-5H;1-2H,(H,11,12,13);3-4,6-7H,1-2H2,(H,8,9);3H,2H2,1H3/t12-,15?,16?,17?,22?;;;3-,4-;/m0..0./s1. The smallest absolute Gasteiger partial charge is 0.320 e. The quantitative estimate of drug-likeness (QED) is 0.0802. The summed E-state index contributed by atoms with van der Waals surface area (Å²) in [6.45, 7) is 2.47. The number of anilines is 4. The number of carbonyl (C=O) groups is 8. The van der Waals surface area contributed by atoms with E-state index in [-0.39, 0.29) is 50.9 Å². The zero-order valence-electron chi connectivity index (χ0n) is 37.3. The van der Waals surface area contributed by atoms with Gasteiger partial charge in [0.05, 0.1) is 62.4 Å². The molecular weight excluding hydrogens is 1120 g/mol. The zero-order chi connectivity index (χ0) is 53.5. The minimum absolute atomic E-state index is 0.137. The van der Waals surface area contributed by atoms with E-state index in [9.17, 15) is 43.5 Å². The van der Waals surface area contributed by atoms with Gasteiger partial charge in [0.25, 0.3) is 29.4 Å².